The summed E-state index contributed by atoms with van der Waals surface area (Å²) in [5, 5.41) is 0.614. The number of fused-ring (bicyclic) bond motifs is 2. The number of rotatable bonds is 6. The zero-order valence-corrected chi connectivity index (χ0v) is 26.3. The number of halogens is 1. The van der Waals surface area contributed by atoms with Crippen LogP contribution in [0.4, 0.5) is 5.69 Å². The summed E-state index contributed by atoms with van der Waals surface area (Å²) in [5.74, 6) is -0.790. The van der Waals surface area contributed by atoms with Gasteiger partial charge in [0.15, 0.2) is 4.80 Å². The van der Waals surface area contributed by atoms with E-state index in [0.717, 1.165) is 21.7 Å². The predicted molar refractivity (Wildman–Crippen MR) is 171 cm³/mol. The Balaban J connectivity index is 1.55. The summed E-state index contributed by atoms with van der Waals surface area (Å²) in [5.41, 5.74) is 3.80. The zero-order valence-electron chi connectivity index (χ0n) is 24.0. The lowest BCUT2D eigenvalue weighted by Crippen LogP contribution is -2.41. The molecule has 218 valence electrons. The van der Waals surface area contributed by atoms with Gasteiger partial charge in [-0.15, -0.1) is 11.8 Å². The Morgan fingerprint density at radius 1 is 1.05 bits per heavy atom. The second-order valence-corrected chi connectivity index (χ2v) is 12.8. The van der Waals surface area contributed by atoms with Crippen LogP contribution in [0.5, 0.6) is 0 Å². The van der Waals surface area contributed by atoms with Gasteiger partial charge in [0.2, 0.25) is 0 Å². The number of thiazole rings is 1. The monoisotopic (exact) mass is 629 g/mol. The number of carbonyl (C=O) groups is 2. The molecule has 1 atom stereocenters. The summed E-state index contributed by atoms with van der Waals surface area (Å²) in [6.45, 7) is 5.64. The summed E-state index contributed by atoms with van der Waals surface area (Å²) in [6, 6.07) is 21.8. The van der Waals surface area contributed by atoms with Gasteiger partial charge < -0.3 is 9.64 Å². The second kappa shape index (κ2) is 11.6. The molecule has 7 nitrogen and oxygen atoms in total. The van der Waals surface area contributed by atoms with Gasteiger partial charge in [0.1, 0.15) is 4.53 Å². The maximum atomic E-state index is 14.4. The molecule has 0 bridgehead atoms. The average molecular weight is 630 g/mol. The van der Waals surface area contributed by atoms with Crippen molar-refractivity contribution in [3.8, 4) is 0 Å². The van der Waals surface area contributed by atoms with Gasteiger partial charge in [-0.3, -0.25) is 14.2 Å². The smallest absolute Gasteiger partial charge is 0.338 e. The Kier molecular flexibility index (Phi) is 7.89. The van der Waals surface area contributed by atoms with Crippen molar-refractivity contribution in [2.24, 2.45) is 4.99 Å². The van der Waals surface area contributed by atoms with Crippen molar-refractivity contribution in [2.45, 2.75) is 44.4 Å². The van der Waals surface area contributed by atoms with Crippen molar-refractivity contribution in [1.82, 2.24) is 4.57 Å². The van der Waals surface area contributed by atoms with E-state index in [-0.39, 0.29) is 22.1 Å². The van der Waals surface area contributed by atoms with Crippen LogP contribution in [0.2, 0.25) is 5.02 Å². The van der Waals surface area contributed by atoms with Gasteiger partial charge in [0.05, 0.1) is 41.2 Å². The Hall–Kier alpha value is -3.92. The minimum atomic E-state index is -0.760. The van der Waals surface area contributed by atoms with Crippen molar-refractivity contribution in [3.63, 3.8) is 0 Å². The van der Waals surface area contributed by atoms with E-state index >= 15 is 0 Å². The largest absolute Gasteiger partial charge is 0.459 e. The van der Waals surface area contributed by atoms with E-state index in [4.69, 9.17) is 21.3 Å². The van der Waals surface area contributed by atoms with E-state index in [0.29, 0.717) is 38.8 Å². The molecule has 0 unspecified atom stereocenters. The third kappa shape index (κ3) is 5.26. The molecular formula is C33H28ClN3O4S2. The number of benzene rings is 3. The minimum Gasteiger partial charge on any atom is -0.459 e. The van der Waals surface area contributed by atoms with E-state index in [1.807, 2.05) is 66.9 Å². The van der Waals surface area contributed by atoms with Crippen molar-refractivity contribution in [1.29, 1.82) is 0 Å². The van der Waals surface area contributed by atoms with E-state index in [2.05, 4.69) is 0 Å². The number of thioether (sulfide) groups is 1. The molecule has 6 rings (SSSR count). The highest BCUT2D eigenvalue weighted by atomic mass is 35.5. The average Bonchev–Trinajstić information content (AvgIpc) is 3.45. The van der Waals surface area contributed by atoms with Crippen LogP contribution in [0.15, 0.2) is 98.7 Å². The molecule has 0 saturated heterocycles. The Morgan fingerprint density at radius 2 is 1.74 bits per heavy atom. The molecule has 1 aromatic heterocycles. The maximum Gasteiger partial charge on any atom is 0.338 e. The van der Waals surface area contributed by atoms with Gasteiger partial charge in [0.25, 0.3) is 11.5 Å². The lowest BCUT2D eigenvalue weighted by atomic mass is 9.96. The van der Waals surface area contributed by atoms with Crippen LogP contribution in [0, 0.1) is 0 Å². The fraction of sp³-hybridized carbons (Fsp3) is 0.212. The zero-order chi connectivity index (χ0) is 30.4. The topological polar surface area (TPSA) is 81.0 Å². The van der Waals surface area contributed by atoms with Gasteiger partial charge in [0, 0.05) is 15.5 Å². The first-order valence-electron chi connectivity index (χ1n) is 13.7. The number of nitrogens with zero attached hydrogens (tertiary/aromatic N) is 3. The highest BCUT2D eigenvalue weighted by molar-refractivity contribution is 7.98. The van der Waals surface area contributed by atoms with Gasteiger partial charge in [-0.25, -0.2) is 9.79 Å². The predicted octanol–water partition coefficient (Wildman–Crippen LogP) is 5.48. The standard InChI is InChI=1S/C33H28ClN3O4S2/c1-18(2)41-32(40)26-19(3)35-33-37(28(26)21-11-15-23(42-4)16-12-21)31(39)29(43-33)27-24-7-5-6-8-25(24)36(30(27)38)17-20-9-13-22(34)14-10-20/h5-16,18,28H,17H2,1-4H3/b29-27-/t28-/m1/s1. The Labute approximate surface area is 261 Å². The Bertz CT molecular complexity index is 1980. The quantitative estimate of drug-likeness (QED) is 0.209. The molecule has 0 radical (unpaired) electrons. The molecule has 3 heterocycles. The Morgan fingerprint density at radius 3 is 2.42 bits per heavy atom. The molecule has 2 aliphatic rings. The number of ether oxygens (including phenoxy) is 1. The molecule has 0 fully saturated rings. The number of allylic oxidation sites excluding steroid dienone is 1. The molecule has 43 heavy (non-hydrogen) atoms. The molecule has 3 aromatic carbocycles. The third-order valence-corrected chi connectivity index (χ3v) is 9.44. The van der Waals surface area contributed by atoms with Crippen LogP contribution in [0.1, 0.15) is 43.5 Å². The molecule has 0 spiro atoms. The first-order chi connectivity index (χ1) is 20.7. The fourth-order valence-electron chi connectivity index (χ4n) is 5.44. The van der Waals surface area contributed by atoms with Crippen LogP contribution in [0.3, 0.4) is 0 Å². The van der Waals surface area contributed by atoms with Crippen molar-refractivity contribution in [3.05, 3.63) is 125 Å². The van der Waals surface area contributed by atoms with Crippen LogP contribution in [-0.2, 0) is 20.9 Å². The number of aromatic nitrogens is 1. The van der Waals surface area contributed by atoms with Crippen LogP contribution < -0.4 is 19.8 Å². The number of hydrogen-bond acceptors (Lipinski definition) is 7. The van der Waals surface area contributed by atoms with Crippen LogP contribution >= 0.6 is 34.7 Å². The van der Waals surface area contributed by atoms with E-state index in [1.165, 1.54) is 15.9 Å². The molecule has 10 heteroatoms. The highest BCUT2D eigenvalue weighted by Gasteiger charge is 2.37. The van der Waals surface area contributed by atoms with Crippen LogP contribution in [0.25, 0.3) is 5.57 Å². The molecular weight excluding hydrogens is 602 g/mol. The summed E-state index contributed by atoms with van der Waals surface area (Å²) in [4.78, 5) is 49.8. The first-order valence-corrected chi connectivity index (χ1v) is 16.2. The summed E-state index contributed by atoms with van der Waals surface area (Å²) in [7, 11) is 0. The number of hydrogen-bond donors (Lipinski definition) is 0. The van der Waals surface area contributed by atoms with E-state index < -0.39 is 12.0 Å². The normalized spacial score (nSPS) is 17.2. The van der Waals surface area contributed by atoms with Crippen molar-refractivity contribution in [2.75, 3.05) is 11.2 Å². The molecule has 4 aromatic rings. The molecule has 0 N–H and O–H groups in total. The molecule has 1 amide bonds. The lowest BCUT2D eigenvalue weighted by molar-refractivity contribution is -0.143. The van der Waals surface area contributed by atoms with Crippen molar-refractivity contribution < 1.29 is 14.3 Å². The number of anilines is 1. The van der Waals surface area contributed by atoms with Gasteiger partial charge in [-0.05, 0) is 68.5 Å². The molecule has 0 aliphatic carbocycles. The molecule has 2 aliphatic heterocycles. The lowest BCUT2D eigenvalue weighted by Gasteiger charge is -2.25. The van der Waals surface area contributed by atoms with Crippen LogP contribution in [-0.4, -0.2) is 28.8 Å². The minimum absolute atomic E-state index is 0.266. The second-order valence-electron chi connectivity index (χ2n) is 10.5. The number of carbonyl (C=O) groups excluding carboxylic acids is 2. The summed E-state index contributed by atoms with van der Waals surface area (Å²) < 4.78 is 7.43. The van der Waals surface area contributed by atoms with E-state index in [1.54, 1.807) is 49.6 Å². The number of para-hydroxylation sites is 1. The molecule has 0 saturated carbocycles. The van der Waals surface area contributed by atoms with Gasteiger partial charge >= 0.3 is 5.97 Å². The number of esters is 1. The summed E-state index contributed by atoms with van der Waals surface area (Å²) >= 11 is 8.85. The van der Waals surface area contributed by atoms with E-state index in [9.17, 15) is 14.4 Å². The van der Waals surface area contributed by atoms with Gasteiger partial charge in [-0.2, -0.15) is 0 Å². The third-order valence-electron chi connectivity index (χ3n) is 7.40. The maximum absolute atomic E-state index is 14.4. The number of amides is 1. The fourth-order valence-corrected chi connectivity index (χ4v) is 7.11. The highest BCUT2D eigenvalue weighted by Crippen LogP contribution is 2.37. The van der Waals surface area contributed by atoms with Crippen molar-refractivity contribution >= 4 is 57.8 Å². The summed E-state index contributed by atoms with van der Waals surface area (Å²) in [6.07, 6.45) is 1.64. The SMILES string of the molecule is CSc1ccc([C@@H]2C(C(=O)OC(C)C)=C(C)N=c3s/c(=C4\C(=O)N(Cc5ccc(Cl)cc5)c5ccccc54)c(=O)n32)cc1. The first kappa shape index (κ1) is 29.2. The van der Waals surface area contributed by atoms with Gasteiger partial charge in [-0.1, -0.05) is 65.4 Å².